The number of hydrogen-bond acceptors (Lipinski definition) is 5. The van der Waals surface area contributed by atoms with Crippen LogP contribution in [0.25, 0.3) is 11.0 Å². The minimum absolute atomic E-state index is 0.269. The van der Waals surface area contributed by atoms with E-state index in [0.717, 1.165) is 16.6 Å². The van der Waals surface area contributed by atoms with Gasteiger partial charge in [0.2, 0.25) is 5.55 Å². The van der Waals surface area contributed by atoms with Gasteiger partial charge in [-0.2, -0.15) is 0 Å². The number of carbonyl (C=O) groups is 1. The second-order valence-corrected chi connectivity index (χ2v) is 7.07. The molecule has 5 nitrogen and oxygen atoms in total. The number of rotatable bonds is 3. The SMILES string of the molecule is Cc1ccc(N=c2oc3ccccc3cc2C(=O)Nc2nccs2)cc1C. The molecule has 0 saturated heterocycles. The highest BCUT2D eigenvalue weighted by Crippen LogP contribution is 2.19. The van der Waals surface area contributed by atoms with Crippen LogP contribution in [-0.4, -0.2) is 10.9 Å². The van der Waals surface area contributed by atoms with Crippen LogP contribution in [-0.2, 0) is 0 Å². The Labute approximate surface area is 160 Å². The van der Waals surface area contributed by atoms with E-state index in [2.05, 4.69) is 15.3 Å². The van der Waals surface area contributed by atoms with E-state index in [0.29, 0.717) is 16.3 Å². The molecular weight excluding hydrogens is 358 g/mol. The lowest BCUT2D eigenvalue weighted by molar-refractivity contribution is 0.102. The Hall–Kier alpha value is -3.25. The number of nitrogens with one attached hydrogen (secondary N) is 1. The molecule has 4 aromatic rings. The summed E-state index contributed by atoms with van der Waals surface area (Å²) in [5.41, 5.74) is 4.36. The van der Waals surface area contributed by atoms with Crippen molar-refractivity contribution in [2.75, 3.05) is 5.32 Å². The summed E-state index contributed by atoms with van der Waals surface area (Å²) in [5.74, 6) is -0.304. The molecule has 0 saturated carbocycles. The van der Waals surface area contributed by atoms with Crippen molar-refractivity contribution in [2.24, 2.45) is 4.99 Å². The number of aromatic nitrogens is 1. The summed E-state index contributed by atoms with van der Waals surface area (Å²) < 4.78 is 5.96. The average Bonchev–Trinajstić information content (AvgIpc) is 3.17. The Morgan fingerprint density at radius 3 is 2.74 bits per heavy atom. The van der Waals surface area contributed by atoms with Crippen molar-refractivity contribution < 1.29 is 9.21 Å². The van der Waals surface area contributed by atoms with Crippen molar-refractivity contribution in [3.63, 3.8) is 0 Å². The number of amides is 1. The third kappa shape index (κ3) is 3.66. The van der Waals surface area contributed by atoms with Gasteiger partial charge in [0.15, 0.2) is 5.13 Å². The van der Waals surface area contributed by atoms with E-state index in [4.69, 9.17) is 4.42 Å². The number of aryl methyl sites for hydroxylation is 2. The van der Waals surface area contributed by atoms with Crippen molar-refractivity contribution in [1.29, 1.82) is 0 Å². The molecule has 4 rings (SSSR count). The van der Waals surface area contributed by atoms with Gasteiger partial charge >= 0.3 is 0 Å². The van der Waals surface area contributed by atoms with Gasteiger partial charge in [0.05, 0.1) is 5.69 Å². The van der Waals surface area contributed by atoms with Crippen molar-refractivity contribution in [1.82, 2.24) is 4.98 Å². The van der Waals surface area contributed by atoms with E-state index in [9.17, 15) is 4.79 Å². The number of hydrogen-bond donors (Lipinski definition) is 1. The van der Waals surface area contributed by atoms with Crippen LogP contribution in [0, 0.1) is 13.8 Å². The van der Waals surface area contributed by atoms with Crippen LogP contribution in [0.15, 0.2) is 69.5 Å². The van der Waals surface area contributed by atoms with E-state index >= 15 is 0 Å². The molecule has 1 N–H and O–H groups in total. The predicted molar refractivity (Wildman–Crippen MR) is 107 cm³/mol. The van der Waals surface area contributed by atoms with Crippen LogP contribution < -0.4 is 10.9 Å². The molecule has 0 bridgehead atoms. The zero-order chi connectivity index (χ0) is 18.8. The Bertz CT molecular complexity index is 1190. The first kappa shape index (κ1) is 17.2. The molecule has 1 amide bonds. The molecule has 0 aliphatic carbocycles. The summed E-state index contributed by atoms with van der Waals surface area (Å²) in [6, 6.07) is 15.2. The van der Waals surface area contributed by atoms with Crippen LogP contribution in [0.2, 0.25) is 0 Å². The fraction of sp³-hybridized carbons (Fsp3) is 0.0952. The molecule has 134 valence electrons. The smallest absolute Gasteiger partial charge is 0.262 e. The molecule has 2 aromatic carbocycles. The van der Waals surface area contributed by atoms with Crippen LogP contribution in [0.3, 0.4) is 0 Å². The topological polar surface area (TPSA) is 67.5 Å². The number of nitrogens with zero attached hydrogens (tertiary/aromatic N) is 2. The zero-order valence-electron chi connectivity index (χ0n) is 14.9. The highest BCUT2D eigenvalue weighted by Gasteiger charge is 2.14. The van der Waals surface area contributed by atoms with Gasteiger partial charge in [0.1, 0.15) is 11.1 Å². The minimum Gasteiger partial charge on any atom is -0.438 e. The number of thiazole rings is 1. The standard InChI is InChI=1S/C21H17N3O2S/c1-13-7-8-16(11-14(13)2)23-20-17(19(25)24-21-22-9-10-27-21)12-15-5-3-4-6-18(15)26-20/h3-12H,1-2H3,(H,22,24,25). The van der Waals surface area contributed by atoms with Crippen molar-refractivity contribution in [2.45, 2.75) is 13.8 Å². The van der Waals surface area contributed by atoms with Crippen molar-refractivity contribution >= 4 is 39.0 Å². The van der Waals surface area contributed by atoms with Crippen LogP contribution in [0.4, 0.5) is 10.8 Å². The van der Waals surface area contributed by atoms with Gasteiger partial charge in [-0.15, -0.1) is 11.3 Å². The lowest BCUT2D eigenvalue weighted by Crippen LogP contribution is -2.21. The van der Waals surface area contributed by atoms with Crippen LogP contribution in [0.1, 0.15) is 21.5 Å². The fourth-order valence-electron chi connectivity index (χ4n) is 2.68. The van der Waals surface area contributed by atoms with Gasteiger partial charge in [-0.3, -0.25) is 10.1 Å². The van der Waals surface area contributed by atoms with Gasteiger partial charge in [-0.1, -0.05) is 24.3 Å². The van der Waals surface area contributed by atoms with Crippen molar-refractivity contribution in [3.05, 3.63) is 82.4 Å². The van der Waals surface area contributed by atoms with Crippen LogP contribution >= 0.6 is 11.3 Å². The minimum atomic E-state index is -0.304. The summed E-state index contributed by atoms with van der Waals surface area (Å²) in [4.78, 5) is 21.5. The number of carbonyl (C=O) groups excluding carboxylic acids is 1. The third-order valence-corrected chi connectivity index (χ3v) is 4.96. The van der Waals surface area contributed by atoms with Gasteiger partial charge in [0.25, 0.3) is 5.91 Å². The molecule has 6 heteroatoms. The quantitative estimate of drug-likeness (QED) is 0.548. The maximum absolute atomic E-state index is 12.8. The predicted octanol–water partition coefficient (Wildman–Crippen LogP) is 4.99. The number of fused-ring (bicyclic) bond motifs is 1. The third-order valence-electron chi connectivity index (χ3n) is 4.27. The van der Waals surface area contributed by atoms with Crippen molar-refractivity contribution in [3.8, 4) is 0 Å². The number of para-hydroxylation sites is 1. The lowest BCUT2D eigenvalue weighted by Gasteiger charge is -2.05. The van der Waals surface area contributed by atoms with E-state index in [1.807, 2.05) is 56.3 Å². The Balaban J connectivity index is 1.87. The Morgan fingerprint density at radius 2 is 1.96 bits per heavy atom. The average molecular weight is 375 g/mol. The fourth-order valence-corrected chi connectivity index (χ4v) is 3.20. The highest BCUT2D eigenvalue weighted by atomic mass is 32.1. The normalized spacial score (nSPS) is 11.7. The first-order chi connectivity index (χ1) is 13.1. The second kappa shape index (κ2) is 7.17. The summed E-state index contributed by atoms with van der Waals surface area (Å²) in [5, 5.41) is 5.97. The molecule has 0 radical (unpaired) electrons. The summed E-state index contributed by atoms with van der Waals surface area (Å²) >= 11 is 1.36. The van der Waals surface area contributed by atoms with E-state index in [1.165, 1.54) is 16.9 Å². The molecule has 0 aliphatic rings. The lowest BCUT2D eigenvalue weighted by atomic mass is 10.1. The molecule has 2 heterocycles. The van der Waals surface area contributed by atoms with Gasteiger partial charge in [-0.25, -0.2) is 9.98 Å². The van der Waals surface area contributed by atoms with Gasteiger partial charge in [0, 0.05) is 17.0 Å². The van der Waals surface area contributed by atoms with Gasteiger partial charge in [-0.05, 0) is 49.2 Å². The first-order valence-corrected chi connectivity index (χ1v) is 9.34. The van der Waals surface area contributed by atoms with Crippen LogP contribution in [0.5, 0.6) is 0 Å². The molecule has 0 aliphatic heterocycles. The van der Waals surface area contributed by atoms with E-state index in [1.54, 1.807) is 17.6 Å². The highest BCUT2D eigenvalue weighted by molar-refractivity contribution is 7.13. The maximum atomic E-state index is 12.8. The summed E-state index contributed by atoms with van der Waals surface area (Å²) in [6.45, 7) is 4.08. The first-order valence-electron chi connectivity index (χ1n) is 8.46. The number of benzene rings is 2. The van der Waals surface area contributed by atoms with E-state index < -0.39 is 0 Å². The Kier molecular flexibility index (Phi) is 4.56. The number of anilines is 1. The largest absolute Gasteiger partial charge is 0.438 e. The molecule has 2 aromatic heterocycles. The molecule has 0 spiro atoms. The maximum Gasteiger partial charge on any atom is 0.262 e. The molecular formula is C21H17N3O2S. The molecule has 0 unspecified atom stereocenters. The summed E-state index contributed by atoms with van der Waals surface area (Å²) in [7, 11) is 0. The van der Waals surface area contributed by atoms with Gasteiger partial charge < -0.3 is 4.42 Å². The zero-order valence-corrected chi connectivity index (χ0v) is 15.7. The van der Waals surface area contributed by atoms with E-state index in [-0.39, 0.29) is 11.5 Å². The molecule has 0 fully saturated rings. The Morgan fingerprint density at radius 1 is 1.11 bits per heavy atom. The second-order valence-electron chi connectivity index (χ2n) is 6.17. The molecule has 27 heavy (non-hydrogen) atoms. The monoisotopic (exact) mass is 375 g/mol. The summed E-state index contributed by atoms with van der Waals surface area (Å²) in [6.07, 6.45) is 1.64. The molecule has 0 atom stereocenters.